The standard InChI is InChI=1S/C9H18N2/c10-8-3-2-6-11(7-8)9-4-1-5-9/h8-9H,1-7,10H2/t8-/m1/s1. The molecule has 0 bridgehead atoms. The molecule has 0 amide bonds. The molecule has 2 N–H and O–H groups in total. The molecule has 1 saturated carbocycles. The predicted octanol–water partition coefficient (Wildman–Crippen LogP) is 0.962. The largest absolute Gasteiger partial charge is 0.327 e. The number of nitrogens with zero attached hydrogens (tertiary/aromatic N) is 1. The molecular weight excluding hydrogens is 136 g/mol. The zero-order chi connectivity index (χ0) is 7.68. The molecule has 2 fully saturated rings. The highest BCUT2D eigenvalue weighted by Crippen LogP contribution is 2.26. The molecule has 1 atom stereocenters. The van der Waals surface area contributed by atoms with Crippen LogP contribution in [0.1, 0.15) is 32.1 Å². The van der Waals surface area contributed by atoms with Crippen LogP contribution < -0.4 is 5.73 Å². The van der Waals surface area contributed by atoms with E-state index in [1.165, 1.54) is 38.6 Å². The van der Waals surface area contributed by atoms with Gasteiger partial charge >= 0.3 is 0 Å². The van der Waals surface area contributed by atoms with Crippen molar-refractivity contribution in [3.63, 3.8) is 0 Å². The van der Waals surface area contributed by atoms with Crippen LogP contribution >= 0.6 is 0 Å². The average Bonchev–Trinajstić information content (AvgIpc) is 1.83. The highest BCUT2D eigenvalue weighted by Gasteiger charge is 2.27. The summed E-state index contributed by atoms with van der Waals surface area (Å²) in [6.45, 7) is 2.46. The van der Waals surface area contributed by atoms with Crippen molar-refractivity contribution in [3.8, 4) is 0 Å². The van der Waals surface area contributed by atoms with Crippen molar-refractivity contribution in [2.75, 3.05) is 13.1 Å². The molecule has 2 rings (SSSR count). The van der Waals surface area contributed by atoms with Crippen molar-refractivity contribution in [2.45, 2.75) is 44.2 Å². The Morgan fingerprint density at radius 2 is 1.91 bits per heavy atom. The highest BCUT2D eigenvalue weighted by molar-refractivity contribution is 4.85. The smallest absolute Gasteiger partial charge is 0.0168 e. The Hall–Kier alpha value is -0.0800. The molecule has 0 spiro atoms. The molecule has 0 aromatic heterocycles. The second-order valence-corrected chi connectivity index (χ2v) is 3.98. The first-order chi connectivity index (χ1) is 5.36. The summed E-state index contributed by atoms with van der Waals surface area (Å²) in [5.74, 6) is 0. The predicted molar refractivity (Wildman–Crippen MR) is 46.4 cm³/mol. The maximum absolute atomic E-state index is 5.90. The summed E-state index contributed by atoms with van der Waals surface area (Å²) in [5.41, 5.74) is 5.90. The fourth-order valence-electron chi connectivity index (χ4n) is 2.12. The number of nitrogens with two attached hydrogens (primary N) is 1. The van der Waals surface area contributed by atoms with Gasteiger partial charge in [-0.15, -0.1) is 0 Å². The van der Waals surface area contributed by atoms with Gasteiger partial charge < -0.3 is 5.73 Å². The van der Waals surface area contributed by atoms with Crippen LogP contribution in [0.25, 0.3) is 0 Å². The van der Waals surface area contributed by atoms with Gasteiger partial charge in [-0.1, -0.05) is 6.42 Å². The minimum absolute atomic E-state index is 0.462. The molecule has 1 aliphatic carbocycles. The van der Waals surface area contributed by atoms with Gasteiger partial charge in [-0.05, 0) is 32.2 Å². The lowest BCUT2D eigenvalue weighted by molar-refractivity contribution is 0.0956. The molecule has 0 aromatic rings. The van der Waals surface area contributed by atoms with E-state index in [0.717, 1.165) is 12.6 Å². The van der Waals surface area contributed by atoms with Crippen molar-refractivity contribution in [1.82, 2.24) is 4.90 Å². The first kappa shape index (κ1) is 7.56. The van der Waals surface area contributed by atoms with Gasteiger partial charge in [0.15, 0.2) is 0 Å². The summed E-state index contributed by atoms with van der Waals surface area (Å²) in [5, 5.41) is 0. The number of hydrogen-bond acceptors (Lipinski definition) is 2. The van der Waals surface area contributed by atoms with E-state index < -0.39 is 0 Å². The molecule has 1 heterocycles. The van der Waals surface area contributed by atoms with Crippen LogP contribution in [0.15, 0.2) is 0 Å². The third-order valence-corrected chi connectivity index (χ3v) is 3.08. The van der Waals surface area contributed by atoms with Crippen LogP contribution in [-0.2, 0) is 0 Å². The van der Waals surface area contributed by atoms with Crippen LogP contribution in [0.4, 0.5) is 0 Å². The van der Waals surface area contributed by atoms with Gasteiger partial charge in [0.1, 0.15) is 0 Å². The Labute approximate surface area is 68.7 Å². The highest BCUT2D eigenvalue weighted by atomic mass is 15.2. The van der Waals surface area contributed by atoms with Crippen LogP contribution in [0.2, 0.25) is 0 Å². The van der Waals surface area contributed by atoms with Crippen LogP contribution in [-0.4, -0.2) is 30.1 Å². The fraction of sp³-hybridized carbons (Fsp3) is 1.00. The lowest BCUT2D eigenvalue weighted by atomic mass is 9.89. The Bertz CT molecular complexity index is 132. The second-order valence-electron chi connectivity index (χ2n) is 3.98. The summed E-state index contributed by atoms with van der Waals surface area (Å²) >= 11 is 0. The Kier molecular flexibility index (Phi) is 2.14. The SMILES string of the molecule is N[C@@H]1CCCN(C2CCC2)C1. The number of piperidine rings is 1. The van der Waals surface area contributed by atoms with Gasteiger partial charge in [-0.2, -0.15) is 0 Å². The van der Waals surface area contributed by atoms with E-state index in [1.807, 2.05) is 0 Å². The summed E-state index contributed by atoms with van der Waals surface area (Å²) < 4.78 is 0. The van der Waals surface area contributed by atoms with E-state index in [0.29, 0.717) is 6.04 Å². The van der Waals surface area contributed by atoms with Gasteiger partial charge in [0.05, 0.1) is 0 Å². The molecule has 1 aliphatic heterocycles. The van der Waals surface area contributed by atoms with Crippen LogP contribution in [0.3, 0.4) is 0 Å². The average molecular weight is 154 g/mol. The Morgan fingerprint density at radius 3 is 2.45 bits per heavy atom. The van der Waals surface area contributed by atoms with E-state index in [4.69, 9.17) is 5.73 Å². The lowest BCUT2D eigenvalue weighted by Gasteiger charge is -2.41. The summed E-state index contributed by atoms with van der Waals surface area (Å²) in [7, 11) is 0. The van der Waals surface area contributed by atoms with Crippen LogP contribution in [0.5, 0.6) is 0 Å². The lowest BCUT2D eigenvalue weighted by Crippen LogP contribution is -2.49. The summed E-state index contributed by atoms with van der Waals surface area (Å²) in [4.78, 5) is 2.59. The second kappa shape index (κ2) is 3.11. The third kappa shape index (κ3) is 1.57. The summed E-state index contributed by atoms with van der Waals surface area (Å²) in [6.07, 6.45) is 6.84. The van der Waals surface area contributed by atoms with E-state index in [-0.39, 0.29) is 0 Å². The van der Waals surface area contributed by atoms with E-state index in [1.54, 1.807) is 0 Å². The number of rotatable bonds is 1. The fourth-order valence-corrected chi connectivity index (χ4v) is 2.12. The van der Waals surface area contributed by atoms with Gasteiger partial charge in [0.2, 0.25) is 0 Å². The van der Waals surface area contributed by atoms with Crippen molar-refractivity contribution in [1.29, 1.82) is 0 Å². The molecule has 0 aromatic carbocycles. The normalized spacial score (nSPS) is 35.2. The molecule has 2 nitrogen and oxygen atoms in total. The molecular formula is C9H18N2. The van der Waals surface area contributed by atoms with Crippen molar-refractivity contribution < 1.29 is 0 Å². The van der Waals surface area contributed by atoms with E-state index in [9.17, 15) is 0 Å². The number of likely N-dealkylation sites (tertiary alicyclic amines) is 1. The Balaban J connectivity index is 1.82. The quantitative estimate of drug-likeness (QED) is 0.609. The minimum atomic E-state index is 0.462. The zero-order valence-electron chi connectivity index (χ0n) is 7.13. The molecule has 11 heavy (non-hydrogen) atoms. The monoisotopic (exact) mass is 154 g/mol. The van der Waals surface area contributed by atoms with Gasteiger partial charge in [0.25, 0.3) is 0 Å². The van der Waals surface area contributed by atoms with Crippen molar-refractivity contribution >= 4 is 0 Å². The van der Waals surface area contributed by atoms with Gasteiger partial charge in [-0.25, -0.2) is 0 Å². The van der Waals surface area contributed by atoms with E-state index in [2.05, 4.69) is 4.90 Å². The van der Waals surface area contributed by atoms with E-state index >= 15 is 0 Å². The minimum Gasteiger partial charge on any atom is -0.327 e. The van der Waals surface area contributed by atoms with Crippen LogP contribution in [0, 0.1) is 0 Å². The van der Waals surface area contributed by atoms with Gasteiger partial charge in [-0.3, -0.25) is 4.90 Å². The first-order valence-electron chi connectivity index (χ1n) is 4.86. The molecule has 0 radical (unpaired) electrons. The molecule has 0 unspecified atom stereocenters. The number of hydrogen-bond donors (Lipinski definition) is 1. The van der Waals surface area contributed by atoms with Gasteiger partial charge in [0, 0.05) is 18.6 Å². The first-order valence-corrected chi connectivity index (χ1v) is 4.86. The molecule has 2 aliphatic rings. The Morgan fingerprint density at radius 1 is 1.09 bits per heavy atom. The maximum Gasteiger partial charge on any atom is 0.0168 e. The maximum atomic E-state index is 5.90. The summed E-state index contributed by atoms with van der Waals surface area (Å²) in [6, 6.07) is 1.37. The zero-order valence-corrected chi connectivity index (χ0v) is 7.13. The molecule has 2 heteroatoms. The van der Waals surface area contributed by atoms with Crippen molar-refractivity contribution in [2.24, 2.45) is 5.73 Å². The third-order valence-electron chi connectivity index (χ3n) is 3.08. The topological polar surface area (TPSA) is 29.3 Å². The molecule has 64 valence electrons. The molecule has 1 saturated heterocycles. The van der Waals surface area contributed by atoms with Crippen molar-refractivity contribution in [3.05, 3.63) is 0 Å².